The second kappa shape index (κ2) is 9.85. The number of benzene rings is 2. The van der Waals surface area contributed by atoms with Gasteiger partial charge in [0.05, 0.1) is 18.2 Å². The van der Waals surface area contributed by atoms with Gasteiger partial charge in [-0.3, -0.25) is 14.7 Å². The number of methoxy groups -OCH3 is 1. The Balaban J connectivity index is 1.47. The molecule has 0 aromatic heterocycles. The Morgan fingerprint density at radius 2 is 1.90 bits per heavy atom. The Hall–Kier alpha value is -2.35. The predicted molar refractivity (Wildman–Crippen MR) is 128 cm³/mol. The Labute approximate surface area is 188 Å². The second-order valence-electron chi connectivity index (χ2n) is 8.15. The van der Waals surface area contributed by atoms with Gasteiger partial charge in [0.2, 0.25) is 0 Å². The number of carbonyl (C=O) groups excluding carboxylic acids is 1. The zero-order chi connectivity index (χ0) is 21.8. The number of likely N-dealkylation sites (N-methyl/N-ethyl adjacent to an activating group) is 1. The first-order valence-corrected chi connectivity index (χ1v) is 11.7. The fraction of sp³-hybridized carbons (Fsp3) is 0.417. The minimum atomic E-state index is -0.0928. The molecular formula is C24H30N4O2S. The molecule has 2 aromatic rings. The summed E-state index contributed by atoms with van der Waals surface area (Å²) in [6.45, 7) is 6.87. The van der Waals surface area contributed by atoms with Crippen molar-refractivity contribution in [3.05, 3.63) is 59.2 Å². The van der Waals surface area contributed by atoms with Crippen LogP contribution in [0, 0.1) is 0 Å². The standard InChI is InChI=1S/C24H30N4O2S/c1-17-25-23(16-31-17)18-4-6-20(7-5-18)26-24(29)22-9-8-21(30-3)14-19(22)15-28-12-10-27(2)11-13-28/h4-9,14,23H,10-13,15-16H2,1-3H3,(H,26,29). The van der Waals surface area contributed by atoms with Gasteiger partial charge in [-0.15, -0.1) is 11.8 Å². The number of hydrogen-bond acceptors (Lipinski definition) is 6. The normalized spacial score (nSPS) is 19.8. The molecule has 7 heteroatoms. The molecule has 2 aliphatic rings. The fourth-order valence-electron chi connectivity index (χ4n) is 3.95. The molecule has 0 bridgehead atoms. The van der Waals surface area contributed by atoms with E-state index in [1.54, 1.807) is 18.9 Å². The number of aliphatic imine (C=N–C) groups is 1. The third-order valence-corrected chi connectivity index (χ3v) is 6.89. The lowest BCUT2D eigenvalue weighted by atomic mass is 10.0. The highest BCUT2D eigenvalue weighted by Crippen LogP contribution is 2.31. The van der Waals surface area contributed by atoms with E-state index in [1.807, 2.05) is 37.3 Å². The van der Waals surface area contributed by atoms with Crippen LogP contribution in [0.3, 0.4) is 0 Å². The summed E-state index contributed by atoms with van der Waals surface area (Å²) in [4.78, 5) is 22.5. The van der Waals surface area contributed by atoms with Gasteiger partial charge in [0, 0.05) is 49.7 Å². The minimum absolute atomic E-state index is 0.0928. The van der Waals surface area contributed by atoms with Gasteiger partial charge < -0.3 is 15.0 Å². The van der Waals surface area contributed by atoms with E-state index < -0.39 is 0 Å². The van der Waals surface area contributed by atoms with Crippen molar-refractivity contribution in [1.29, 1.82) is 0 Å². The number of carbonyl (C=O) groups is 1. The van der Waals surface area contributed by atoms with E-state index in [4.69, 9.17) is 4.74 Å². The molecule has 0 spiro atoms. The maximum atomic E-state index is 13.1. The van der Waals surface area contributed by atoms with Gasteiger partial charge in [-0.2, -0.15) is 0 Å². The van der Waals surface area contributed by atoms with Crippen molar-refractivity contribution in [2.24, 2.45) is 4.99 Å². The highest BCUT2D eigenvalue weighted by Gasteiger charge is 2.20. The molecule has 0 saturated carbocycles. The largest absolute Gasteiger partial charge is 0.497 e. The lowest BCUT2D eigenvalue weighted by molar-refractivity contribution is 0.102. The molecule has 2 heterocycles. The molecular weight excluding hydrogens is 408 g/mol. The van der Waals surface area contributed by atoms with E-state index in [1.165, 1.54) is 5.56 Å². The van der Waals surface area contributed by atoms with Gasteiger partial charge in [0.25, 0.3) is 5.91 Å². The van der Waals surface area contributed by atoms with Crippen LogP contribution in [0.2, 0.25) is 0 Å². The van der Waals surface area contributed by atoms with Crippen LogP contribution in [0.5, 0.6) is 5.75 Å². The summed E-state index contributed by atoms with van der Waals surface area (Å²) in [5.41, 5.74) is 3.66. The van der Waals surface area contributed by atoms with Crippen molar-refractivity contribution in [3.8, 4) is 5.75 Å². The van der Waals surface area contributed by atoms with E-state index in [2.05, 4.69) is 39.3 Å². The maximum absolute atomic E-state index is 13.1. The van der Waals surface area contributed by atoms with Crippen molar-refractivity contribution in [2.45, 2.75) is 19.5 Å². The highest BCUT2D eigenvalue weighted by atomic mass is 32.2. The molecule has 1 fully saturated rings. The van der Waals surface area contributed by atoms with Crippen LogP contribution in [0.25, 0.3) is 0 Å². The summed E-state index contributed by atoms with van der Waals surface area (Å²) in [5.74, 6) is 1.67. The number of thioether (sulfide) groups is 1. The van der Waals surface area contributed by atoms with E-state index >= 15 is 0 Å². The fourth-order valence-corrected chi connectivity index (χ4v) is 4.82. The van der Waals surface area contributed by atoms with Crippen LogP contribution in [0.15, 0.2) is 47.5 Å². The van der Waals surface area contributed by atoms with Crippen LogP contribution in [0.1, 0.15) is 34.5 Å². The average Bonchev–Trinajstić information content (AvgIpc) is 3.22. The summed E-state index contributed by atoms with van der Waals surface area (Å²) in [5, 5.41) is 4.19. The highest BCUT2D eigenvalue weighted by molar-refractivity contribution is 8.14. The third-order valence-electron chi connectivity index (χ3n) is 5.89. The molecule has 0 aliphatic carbocycles. The van der Waals surface area contributed by atoms with Gasteiger partial charge in [0.1, 0.15) is 5.75 Å². The molecule has 6 nitrogen and oxygen atoms in total. The summed E-state index contributed by atoms with van der Waals surface area (Å²) in [6, 6.07) is 13.9. The first-order chi connectivity index (χ1) is 15.0. The SMILES string of the molecule is COc1ccc(C(=O)Nc2ccc(C3CSC(C)=N3)cc2)c(CN2CCN(C)CC2)c1. The predicted octanol–water partition coefficient (Wildman–Crippen LogP) is 3.90. The van der Waals surface area contributed by atoms with Gasteiger partial charge >= 0.3 is 0 Å². The number of nitrogens with one attached hydrogen (secondary N) is 1. The lowest BCUT2D eigenvalue weighted by Gasteiger charge is -2.32. The smallest absolute Gasteiger partial charge is 0.255 e. The number of nitrogens with zero attached hydrogens (tertiary/aromatic N) is 3. The topological polar surface area (TPSA) is 57.2 Å². The van der Waals surface area contributed by atoms with Crippen LogP contribution < -0.4 is 10.1 Å². The molecule has 1 N–H and O–H groups in total. The zero-order valence-corrected chi connectivity index (χ0v) is 19.2. The molecule has 1 atom stereocenters. The van der Waals surface area contributed by atoms with Crippen LogP contribution >= 0.6 is 11.8 Å². The number of ether oxygens (including phenoxy) is 1. The van der Waals surface area contributed by atoms with Crippen molar-refractivity contribution in [1.82, 2.24) is 9.80 Å². The van der Waals surface area contributed by atoms with Crippen LogP contribution in [0.4, 0.5) is 5.69 Å². The Morgan fingerprint density at radius 1 is 1.16 bits per heavy atom. The van der Waals surface area contributed by atoms with Gasteiger partial charge in [0.15, 0.2) is 0 Å². The third kappa shape index (κ3) is 5.47. The molecule has 1 saturated heterocycles. The molecule has 0 radical (unpaired) electrons. The second-order valence-corrected chi connectivity index (χ2v) is 9.37. The Kier molecular flexibility index (Phi) is 6.95. The van der Waals surface area contributed by atoms with Crippen molar-refractivity contribution in [2.75, 3.05) is 51.4 Å². The number of rotatable bonds is 6. The number of anilines is 1. The molecule has 2 aliphatic heterocycles. The van der Waals surface area contributed by atoms with Crippen molar-refractivity contribution >= 4 is 28.4 Å². The average molecular weight is 439 g/mol. The molecule has 2 aromatic carbocycles. The number of piperazine rings is 1. The zero-order valence-electron chi connectivity index (χ0n) is 18.4. The van der Waals surface area contributed by atoms with Crippen molar-refractivity contribution in [3.63, 3.8) is 0 Å². The van der Waals surface area contributed by atoms with E-state index in [0.29, 0.717) is 5.56 Å². The number of hydrogen-bond donors (Lipinski definition) is 1. The monoisotopic (exact) mass is 438 g/mol. The Bertz CT molecular complexity index is 953. The lowest BCUT2D eigenvalue weighted by Crippen LogP contribution is -2.44. The first-order valence-electron chi connectivity index (χ1n) is 10.7. The van der Waals surface area contributed by atoms with Gasteiger partial charge in [-0.25, -0.2) is 0 Å². The number of amides is 1. The van der Waals surface area contributed by atoms with Crippen LogP contribution in [-0.4, -0.2) is 66.8 Å². The molecule has 164 valence electrons. The molecule has 31 heavy (non-hydrogen) atoms. The molecule has 4 rings (SSSR count). The Morgan fingerprint density at radius 3 is 2.55 bits per heavy atom. The quantitative estimate of drug-likeness (QED) is 0.741. The van der Waals surface area contributed by atoms with Crippen molar-refractivity contribution < 1.29 is 9.53 Å². The van der Waals surface area contributed by atoms with Gasteiger partial charge in [-0.05, 0) is 55.4 Å². The summed E-state index contributed by atoms with van der Waals surface area (Å²) in [6.07, 6.45) is 0. The molecule has 1 amide bonds. The first kappa shape index (κ1) is 21.9. The van der Waals surface area contributed by atoms with E-state index in [9.17, 15) is 4.79 Å². The summed E-state index contributed by atoms with van der Waals surface area (Å²) in [7, 11) is 3.80. The van der Waals surface area contributed by atoms with Gasteiger partial charge in [-0.1, -0.05) is 12.1 Å². The van der Waals surface area contributed by atoms with Crippen LogP contribution in [-0.2, 0) is 6.54 Å². The summed E-state index contributed by atoms with van der Waals surface area (Å²) >= 11 is 1.79. The summed E-state index contributed by atoms with van der Waals surface area (Å²) < 4.78 is 5.41. The minimum Gasteiger partial charge on any atom is -0.497 e. The van der Waals surface area contributed by atoms with E-state index in [-0.39, 0.29) is 11.9 Å². The van der Waals surface area contributed by atoms with E-state index in [0.717, 1.165) is 60.5 Å². The molecule has 1 unspecified atom stereocenters. The maximum Gasteiger partial charge on any atom is 0.255 e.